The van der Waals surface area contributed by atoms with Crippen LogP contribution < -0.4 is 4.90 Å². The highest BCUT2D eigenvalue weighted by Crippen LogP contribution is 2.45. The number of thioether (sulfide) groups is 1. The van der Waals surface area contributed by atoms with Crippen LogP contribution in [0.25, 0.3) is 5.76 Å². The summed E-state index contributed by atoms with van der Waals surface area (Å²) in [7, 11) is 0. The highest BCUT2D eigenvalue weighted by Gasteiger charge is 2.49. The zero-order valence-electron chi connectivity index (χ0n) is 19.3. The minimum absolute atomic E-state index is 0.0524. The number of nitrogens with zero attached hydrogens (tertiary/aromatic N) is 3. The number of thiophene rings is 1. The minimum Gasteiger partial charge on any atom is -0.507 e. The van der Waals surface area contributed by atoms with Crippen molar-refractivity contribution >= 4 is 68.6 Å². The fourth-order valence-electron chi connectivity index (χ4n) is 4.00. The summed E-state index contributed by atoms with van der Waals surface area (Å²) in [5.74, 6) is -1.08. The van der Waals surface area contributed by atoms with Crippen LogP contribution in [0.2, 0.25) is 5.02 Å². The van der Waals surface area contributed by atoms with E-state index in [4.69, 9.17) is 11.6 Å². The van der Waals surface area contributed by atoms with E-state index < -0.39 is 17.7 Å². The van der Waals surface area contributed by atoms with Crippen LogP contribution >= 0.6 is 46.0 Å². The lowest BCUT2D eigenvalue weighted by atomic mass is 9.96. The monoisotopic (exact) mass is 553 g/mol. The Morgan fingerprint density at radius 1 is 1.11 bits per heavy atom. The van der Waals surface area contributed by atoms with Gasteiger partial charge in [-0.05, 0) is 48.6 Å². The first-order valence-corrected chi connectivity index (χ1v) is 14.0. The Labute approximate surface area is 225 Å². The van der Waals surface area contributed by atoms with Crippen molar-refractivity contribution in [3.63, 3.8) is 0 Å². The second-order valence-electron chi connectivity index (χ2n) is 8.23. The highest BCUT2D eigenvalue weighted by molar-refractivity contribution is 8.00. The molecular formula is C26H20ClN3O3S3. The van der Waals surface area contributed by atoms with Gasteiger partial charge in [0.25, 0.3) is 5.78 Å². The summed E-state index contributed by atoms with van der Waals surface area (Å²) >= 11 is 10.4. The van der Waals surface area contributed by atoms with Crippen molar-refractivity contribution in [1.29, 1.82) is 0 Å². The predicted octanol–water partition coefficient (Wildman–Crippen LogP) is 6.79. The van der Waals surface area contributed by atoms with Crippen molar-refractivity contribution in [3.05, 3.63) is 97.7 Å². The Morgan fingerprint density at radius 3 is 2.67 bits per heavy atom. The molecule has 2 aromatic carbocycles. The molecule has 4 aromatic rings. The summed E-state index contributed by atoms with van der Waals surface area (Å²) in [5, 5.41) is 22.7. The Balaban J connectivity index is 1.53. The predicted molar refractivity (Wildman–Crippen MR) is 146 cm³/mol. The quantitative estimate of drug-likeness (QED) is 0.0930. The summed E-state index contributed by atoms with van der Waals surface area (Å²) in [4.78, 5) is 28.7. The molecule has 10 heteroatoms. The van der Waals surface area contributed by atoms with Gasteiger partial charge in [0.05, 0.1) is 5.57 Å². The molecule has 182 valence electrons. The van der Waals surface area contributed by atoms with E-state index in [2.05, 4.69) is 10.2 Å². The summed E-state index contributed by atoms with van der Waals surface area (Å²) in [5.41, 5.74) is 3.30. The summed E-state index contributed by atoms with van der Waals surface area (Å²) in [6.45, 7) is 3.77. The first-order valence-electron chi connectivity index (χ1n) is 11.0. The van der Waals surface area contributed by atoms with E-state index in [1.165, 1.54) is 39.3 Å². The molecule has 0 spiro atoms. The van der Waals surface area contributed by atoms with E-state index in [1.807, 2.05) is 73.8 Å². The third kappa shape index (κ3) is 4.59. The second kappa shape index (κ2) is 10.2. The number of Topliss-reactive ketones (excluding diaryl/α,β-unsaturated/α-hetero) is 1. The number of carbonyl (C=O) groups excluding carboxylic acids is 2. The van der Waals surface area contributed by atoms with Crippen LogP contribution in [0.5, 0.6) is 0 Å². The number of hydrogen-bond donors (Lipinski definition) is 1. The molecule has 36 heavy (non-hydrogen) atoms. The largest absolute Gasteiger partial charge is 0.507 e. The Hall–Kier alpha value is -2.98. The van der Waals surface area contributed by atoms with Crippen LogP contribution in [0.15, 0.2) is 69.9 Å². The number of carbonyl (C=O) groups is 2. The lowest BCUT2D eigenvalue weighted by Crippen LogP contribution is -2.29. The molecule has 1 aliphatic heterocycles. The number of aryl methyl sites for hydroxylation is 2. The number of ketones is 1. The number of hydrogen-bond acceptors (Lipinski definition) is 8. The number of benzene rings is 2. The number of aliphatic hydroxyl groups excluding tert-OH is 1. The molecule has 3 heterocycles. The third-order valence-electron chi connectivity index (χ3n) is 5.82. The minimum atomic E-state index is -0.792. The molecule has 1 saturated heterocycles. The molecule has 6 nitrogen and oxygen atoms in total. The number of halogens is 1. The Morgan fingerprint density at radius 2 is 1.92 bits per heavy atom. The number of aromatic nitrogens is 2. The smallest absolute Gasteiger partial charge is 0.301 e. The fraction of sp³-hybridized carbons (Fsp3) is 0.154. The van der Waals surface area contributed by atoms with Gasteiger partial charge < -0.3 is 5.11 Å². The van der Waals surface area contributed by atoms with Crippen molar-refractivity contribution in [2.45, 2.75) is 30.0 Å². The van der Waals surface area contributed by atoms with Crippen LogP contribution in [0.1, 0.15) is 33.2 Å². The molecule has 1 amide bonds. The van der Waals surface area contributed by atoms with Crippen LogP contribution in [0, 0.1) is 13.8 Å². The maximum Gasteiger partial charge on any atom is 0.301 e. The first-order chi connectivity index (χ1) is 17.3. The van der Waals surface area contributed by atoms with Gasteiger partial charge in [-0.3, -0.25) is 14.5 Å². The van der Waals surface area contributed by atoms with Gasteiger partial charge in [-0.1, -0.05) is 76.7 Å². The lowest BCUT2D eigenvalue weighted by Gasteiger charge is -2.21. The van der Waals surface area contributed by atoms with Gasteiger partial charge in [-0.25, -0.2) is 0 Å². The van der Waals surface area contributed by atoms with Gasteiger partial charge in [0.15, 0.2) is 4.34 Å². The molecule has 0 bridgehead atoms. The van der Waals surface area contributed by atoms with Crippen molar-refractivity contribution < 1.29 is 14.7 Å². The van der Waals surface area contributed by atoms with Crippen LogP contribution in [0.4, 0.5) is 5.13 Å². The van der Waals surface area contributed by atoms with Crippen molar-refractivity contribution in [2.24, 2.45) is 0 Å². The standard InChI is InChI=1S/C26H20ClN3O3S3/c1-14-9-10-15(2)17(12-14)22(31)20-21(19-8-5-11-34-19)30(24(33)23(20)32)25-28-29-26(36-25)35-13-16-6-3-4-7-18(16)27/h3-12,21,31H,13H2,1-2H3/b22-20+. The molecular weight excluding hydrogens is 534 g/mol. The number of rotatable bonds is 6. The van der Waals surface area contributed by atoms with Crippen molar-refractivity contribution in [1.82, 2.24) is 10.2 Å². The Kier molecular flexibility index (Phi) is 6.98. The van der Waals surface area contributed by atoms with Gasteiger partial charge in [0.1, 0.15) is 11.8 Å². The number of anilines is 1. The zero-order valence-corrected chi connectivity index (χ0v) is 22.5. The lowest BCUT2D eigenvalue weighted by molar-refractivity contribution is -0.132. The summed E-state index contributed by atoms with van der Waals surface area (Å²) in [6, 6.07) is 16.1. The van der Waals surface area contributed by atoms with E-state index in [1.54, 1.807) is 0 Å². The maximum atomic E-state index is 13.3. The molecule has 0 saturated carbocycles. The van der Waals surface area contributed by atoms with E-state index in [0.717, 1.165) is 21.6 Å². The van der Waals surface area contributed by atoms with Gasteiger partial charge in [-0.2, -0.15) is 0 Å². The molecule has 1 N–H and O–H groups in total. The fourth-order valence-corrected chi connectivity index (χ4v) is 6.97. The molecule has 1 atom stereocenters. The Bertz CT molecular complexity index is 1500. The van der Waals surface area contributed by atoms with Gasteiger partial charge in [0, 0.05) is 21.2 Å². The van der Waals surface area contributed by atoms with Gasteiger partial charge in [0.2, 0.25) is 5.13 Å². The molecule has 2 aromatic heterocycles. The molecule has 1 aliphatic rings. The zero-order chi connectivity index (χ0) is 25.4. The summed E-state index contributed by atoms with van der Waals surface area (Å²) in [6.07, 6.45) is 0. The van der Waals surface area contributed by atoms with Crippen molar-refractivity contribution in [3.8, 4) is 0 Å². The first kappa shape index (κ1) is 24.7. The maximum absolute atomic E-state index is 13.3. The SMILES string of the molecule is Cc1ccc(C)c(/C(O)=C2\C(=O)C(=O)N(c3nnc(SCc4ccccc4Cl)s3)C2c2cccs2)c1. The van der Waals surface area contributed by atoms with Crippen molar-refractivity contribution in [2.75, 3.05) is 4.90 Å². The van der Waals surface area contributed by atoms with E-state index in [-0.39, 0.29) is 11.3 Å². The number of aliphatic hydroxyl groups is 1. The van der Waals surface area contributed by atoms with Gasteiger partial charge >= 0.3 is 5.91 Å². The molecule has 1 fully saturated rings. The van der Waals surface area contributed by atoms with Crippen LogP contribution in [-0.4, -0.2) is 27.0 Å². The highest BCUT2D eigenvalue weighted by atomic mass is 35.5. The van der Waals surface area contributed by atoms with Gasteiger partial charge in [-0.15, -0.1) is 21.5 Å². The van der Waals surface area contributed by atoms with E-state index in [9.17, 15) is 14.7 Å². The third-order valence-corrected chi connectivity index (χ3v) is 9.21. The van der Waals surface area contributed by atoms with E-state index in [0.29, 0.717) is 25.8 Å². The van der Waals surface area contributed by atoms with Crippen LogP contribution in [0.3, 0.4) is 0 Å². The molecule has 5 rings (SSSR count). The second-order valence-corrected chi connectivity index (χ2v) is 11.8. The van der Waals surface area contributed by atoms with Crippen LogP contribution in [-0.2, 0) is 15.3 Å². The normalized spacial score (nSPS) is 17.2. The molecule has 0 aliphatic carbocycles. The average molecular weight is 554 g/mol. The van der Waals surface area contributed by atoms with E-state index >= 15 is 0 Å². The topological polar surface area (TPSA) is 83.4 Å². The molecule has 0 radical (unpaired) electrons. The molecule has 1 unspecified atom stereocenters. The number of amides is 1. The summed E-state index contributed by atoms with van der Waals surface area (Å²) < 4.78 is 0.645. The average Bonchev–Trinajstić information content (AvgIpc) is 3.61.